The summed E-state index contributed by atoms with van der Waals surface area (Å²) in [6.45, 7) is 0. The number of anilines is 3. The molecular weight excluding hydrogens is 334 g/mol. The molecule has 1 fully saturated rings. The van der Waals surface area contributed by atoms with Gasteiger partial charge in [0.05, 0.1) is 5.02 Å². The zero-order valence-electron chi connectivity index (χ0n) is 12.5. The third-order valence-corrected chi connectivity index (χ3v) is 4.49. The third kappa shape index (κ3) is 2.24. The Morgan fingerprint density at radius 3 is 2.75 bits per heavy atom. The molecule has 10 heteroatoms. The lowest BCUT2D eigenvalue weighted by Crippen LogP contribution is -2.67. The van der Waals surface area contributed by atoms with Crippen LogP contribution in [0.5, 0.6) is 0 Å². The second kappa shape index (κ2) is 5.10. The molecule has 0 unspecified atom stereocenters. The molecule has 9 nitrogen and oxygen atoms in total. The number of pyridine rings is 1. The van der Waals surface area contributed by atoms with Crippen LogP contribution in [0.25, 0.3) is 0 Å². The number of amides is 1. The minimum atomic E-state index is -0.574. The summed E-state index contributed by atoms with van der Waals surface area (Å²) in [5, 5.41) is 5.89. The van der Waals surface area contributed by atoms with Crippen LogP contribution >= 0.6 is 11.6 Å². The van der Waals surface area contributed by atoms with Crippen LogP contribution in [0.2, 0.25) is 5.02 Å². The van der Waals surface area contributed by atoms with Crippen LogP contribution in [-0.2, 0) is 0 Å². The number of nitrogens with zero attached hydrogens (tertiary/aromatic N) is 3. The van der Waals surface area contributed by atoms with E-state index in [1.165, 1.54) is 23.1 Å². The Balaban J connectivity index is 1.78. The second-order valence-electron chi connectivity index (χ2n) is 5.85. The van der Waals surface area contributed by atoms with E-state index in [0.29, 0.717) is 5.82 Å². The van der Waals surface area contributed by atoms with Crippen LogP contribution in [-0.4, -0.2) is 26.2 Å². The van der Waals surface area contributed by atoms with E-state index in [-0.39, 0.29) is 28.1 Å². The molecule has 1 aliphatic heterocycles. The lowest BCUT2D eigenvalue weighted by atomic mass is 9.84. The number of nitrogens with one attached hydrogen (secondary N) is 3. The summed E-state index contributed by atoms with van der Waals surface area (Å²) in [7, 11) is 0. The van der Waals surface area contributed by atoms with E-state index in [2.05, 4.69) is 26.0 Å². The number of fused-ring (bicyclic) bond motifs is 1. The molecule has 1 saturated carbocycles. The average molecular weight is 348 g/mol. The predicted molar refractivity (Wildman–Crippen MR) is 88.8 cm³/mol. The first-order valence-corrected chi connectivity index (χ1v) is 7.76. The standard InChI is InChI=1S/C14H14ClN7O2/c15-7-4-8(19-10-5-9(16)17-6-18-10)13(24)22-11(7)12(23)20-14(21-22)2-1-3-14/h4-6,21H,1-3H2,(H,20,23)(H3,16,17,18,19). The lowest BCUT2D eigenvalue weighted by molar-refractivity contribution is 0.0790. The van der Waals surface area contributed by atoms with Crippen molar-refractivity contribution >= 4 is 34.8 Å². The Hall–Kier alpha value is -2.81. The SMILES string of the molecule is Nc1cc(Nc2cc(Cl)c3n(c2=O)NC2(CCC2)NC3=O)ncn1. The Bertz CT molecular complexity index is 906. The molecule has 0 radical (unpaired) electrons. The molecule has 5 N–H and O–H groups in total. The quantitative estimate of drug-likeness (QED) is 0.632. The summed E-state index contributed by atoms with van der Waals surface area (Å²) in [5.74, 6) is 0.255. The Labute approximate surface area is 141 Å². The number of hydrogen-bond acceptors (Lipinski definition) is 7. The number of hydrogen-bond donors (Lipinski definition) is 4. The zero-order chi connectivity index (χ0) is 16.9. The van der Waals surface area contributed by atoms with Gasteiger partial charge >= 0.3 is 0 Å². The molecule has 0 bridgehead atoms. The van der Waals surface area contributed by atoms with Crippen molar-refractivity contribution in [2.24, 2.45) is 0 Å². The number of rotatable bonds is 2. The summed E-state index contributed by atoms with van der Waals surface area (Å²) in [4.78, 5) is 32.9. The molecule has 2 aliphatic rings. The first kappa shape index (κ1) is 14.8. The normalized spacial score (nSPS) is 17.5. The van der Waals surface area contributed by atoms with Crippen molar-refractivity contribution in [2.45, 2.75) is 24.9 Å². The number of carbonyl (C=O) groups is 1. The van der Waals surface area contributed by atoms with Gasteiger partial charge in [-0.2, -0.15) is 0 Å². The maximum absolute atomic E-state index is 12.8. The van der Waals surface area contributed by atoms with Crippen molar-refractivity contribution in [3.8, 4) is 0 Å². The van der Waals surface area contributed by atoms with Crippen LogP contribution in [0.15, 0.2) is 23.3 Å². The van der Waals surface area contributed by atoms with E-state index >= 15 is 0 Å². The molecule has 2 aromatic heterocycles. The number of aromatic nitrogens is 3. The summed E-state index contributed by atoms with van der Waals surface area (Å²) in [6, 6.07) is 2.89. The van der Waals surface area contributed by atoms with Gasteiger partial charge in [0, 0.05) is 6.07 Å². The van der Waals surface area contributed by atoms with Gasteiger partial charge in [0.25, 0.3) is 11.5 Å². The number of carbonyl (C=O) groups excluding carboxylic acids is 1. The van der Waals surface area contributed by atoms with Crippen LogP contribution < -0.4 is 27.4 Å². The van der Waals surface area contributed by atoms with E-state index in [9.17, 15) is 9.59 Å². The smallest absolute Gasteiger partial charge is 0.293 e. The molecule has 24 heavy (non-hydrogen) atoms. The van der Waals surface area contributed by atoms with Crippen LogP contribution in [0, 0.1) is 0 Å². The van der Waals surface area contributed by atoms with Crippen molar-refractivity contribution in [3.05, 3.63) is 39.5 Å². The molecule has 4 rings (SSSR count). The summed E-state index contributed by atoms with van der Waals surface area (Å²) < 4.78 is 1.20. The highest BCUT2D eigenvalue weighted by molar-refractivity contribution is 6.34. The third-order valence-electron chi connectivity index (χ3n) is 4.21. The van der Waals surface area contributed by atoms with Crippen molar-refractivity contribution in [1.29, 1.82) is 0 Å². The summed E-state index contributed by atoms with van der Waals surface area (Å²) >= 11 is 6.21. The Morgan fingerprint density at radius 2 is 2.08 bits per heavy atom. The molecule has 2 aromatic rings. The zero-order valence-corrected chi connectivity index (χ0v) is 13.2. The van der Waals surface area contributed by atoms with Crippen molar-refractivity contribution < 1.29 is 4.79 Å². The minimum Gasteiger partial charge on any atom is -0.384 e. The topological polar surface area (TPSA) is 127 Å². The van der Waals surface area contributed by atoms with Gasteiger partial charge < -0.3 is 16.4 Å². The highest BCUT2D eigenvalue weighted by Crippen LogP contribution is 2.33. The van der Waals surface area contributed by atoms with E-state index in [1.54, 1.807) is 0 Å². The first-order valence-electron chi connectivity index (χ1n) is 7.38. The lowest BCUT2D eigenvalue weighted by Gasteiger charge is -2.47. The van der Waals surface area contributed by atoms with Crippen LogP contribution in [0.4, 0.5) is 17.3 Å². The fraction of sp³-hybridized carbons (Fsp3) is 0.286. The molecular formula is C14H14ClN7O2. The van der Waals surface area contributed by atoms with Gasteiger partial charge in [-0.25, -0.2) is 14.6 Å². The average Bonchev–Trinajstić information content (AvgIpc) is 2.50. The van der Waals surface area contributed by atoms with Crippen molar-refractivity contribution in [1.82, 2.24) is 20.0 Å². The van der Waals surface area contributed by atoms with Gasteiger partial charge in [0.1, 0.15) is 35.0 Å². The number of nitrogen functional groups attached to an aromatic ring is 1. The van der Waals surface area contributed by atoms with Gasteiger partial charge in [0.15, 0.2) is 0 Å². The van der Waals surface area contributed by atoms with E-state index in [0.717, 1.165) is 19.3 Å². The van der Waals surface area contributed by atoms with Crippen LogP contribution in [0.1, 0.15) is 29.8 Å². The van der Waals surface area contributed by atoms with E-state index in [4.69, 9.17) is 17.3 Å². The predicted octanol–water partition coefficient (Wildman–Crippen LogP) is 0.785. The fourth-order valence-electron chi connectivity index (χ4n) is 2.86. The maximum atomic E-state index is 12.8. The summed E-state index contributed by atoms with van der Waals surface area (Å²) in [5.41, 5.74) is 7.95. The van der Waals surface area contributed by atoms with Gasteiger partial charge in [-0.15, -0.1) is 0 Å². The molecule has 0 aromatic carbocycles. The van der Waals surface area contributed by atoms with Crippen molar-refractivity contribution in [3.63, 3.8) is 0 Å². The highest BCUT2D eigenvalue weighted by Gasteiger charge is 2.44. The molecule has 1 amide bonds. The van der Waals surface area contributed by atoms with Gasteiger partial charge in [-0.3, -0.25) is 15.0 Å². The molecule has 124 valence electrons. The highest BCUT2D eigenvalue weighted by atomic mass is 35.5. The fourth-order valence-corrected chi connectivity index (χ4v) is 3.14. The minimum absolute atomic E-state index is 0.0898. The van der Waals surface area contributed by atoms with Gasteiger partial charge in [-0.05, 0) is 25.3 Å². The van der Waals surface area contributed by atoms with E-state index < -0.39 is 11.2 Å². The largest absolute Gasteiger partial charge is 0.384 e. The molecule has 3 heterocycles. The van der Waals surface area contributed by atoms with E-state index in [1.807, 2.05) is 0 Å². The van der Waals surface area contributed by atoms with Gasteiger partial charge in [-0.1, -0.05) is 11.6 Å². The van der Waals surface area contributed by atoms with Gasteiger partial charge in [0.2, 0.25) is 0 Å². The second-order valence-corrected chi connectivity index (χ2v) is 6.26. The molecule has 0 saturated heterocycles. The van der Waals surface area contributed by atoms with Crippen molar-refractivity contribution in [2.75, 3.05) is 16.5 Å². The molecule has 1 spiro atoms. The maximum Gasteiger partial charge on any atom is 0.293 e. The first-order chi connectivity index (χ1) is 11.5. The summed E-state index contributed by atoms with van der Waals surface area (Å²) in [6.07, 6.45) is 3.76. The number of nitrogens with two attached hydrogens (primary N) is 1. The molecule has 0 atom stereocenters. The Kier molecular flexibility index (Phi) is 3.14. The Morgan fingerprint density at radius 1 is 1.29 bits per heavy atom. The molecule has 1 aliphatic carbocycles. The van der Waals surface area contributed by atoms with Crippen LogP contribution in [0.3, 0.4) is 0 Å². The monoisotopic (exact) mass is 347 g/mol. The number of halogens is 1.